The maximum absolute atomic E-state index is 12.2. The molecule has 0 bridgehead atoms. The van der Waals surface area contributed by atoms with Gasteiger partial charge in [-0.1, -0.05) is 0 Å². The van der Waals surface area contributed by atoms with Crippen molar-refractivity contribution >= 4 is 43.6 Å². The van der Waals surface area contributed by atoms with Crippen LogP contribution in [0.3, 0.4) is 0 Å². The van der Waals surface area contributed by atoms with Crippen LogP contribution < -0.4 is 7.86 Å². The Morgan fingerprint density at radius 3 is 1.50 bits per heavy atom. The van der Waals surface area contributed by atoms with Crippen LogP contribution in [0.1, 0.15) is 20.8 Å². The summed E-state index contributed by atoms with van der Waals surface area (Å²) in [5.41, 5.74) is 0. The van der Waals surface area contributed by atoms with Crippen LogP contribution in [0, 0.1) is 0 Å². The molecule has 24 heavy (non-hydrogen) atoms. The molecule has 0 saturated carbocycles. The molecule has 0 aliphatic heterocycles. The van der Waals surface area contributed by atoms with Crippen molar-refractivity contribution in [3.8, 4) is 5.75 Å². The zero-order valence-corrected chi connectivity index (χ0v) is 16.7. The maximum atomic E-state index is 12.2. The summed E-state index contributed by atoms with van der Waals surface area (Å²) in [6, 6.07) is 4.01. The molecular weight excluding hydrogens is 532 g/mol. The summed E-state index contributed by atoms with van der Waals surface area (Å²) in [6.45, 7) is 3.05. The van der Waals surface area contributed by atoms with Gasteiger partial charge in [-0.3, -0.25) is 0 Å². The average molecular weight is 545 g/mol. The molecule has 1 aromatic carbocycles. The van der Waals surface area contributed by atoms with Crippen LogP contribution in [0.2, 0.25) is 0 Å². The van der Waals surface area contributed by atoms with E-state index >= 15 is 0 Å². The van der Waals surface area contributed by atoms with Gasteiger partial charge in [0.2, 0.25) is 0 Å². The molecule has 0 amide bonds. The van der Waals surface area contributed by atoms with Gasteiger partial charge in [-0.15, -0.1) is 0 Å². The van der Waals surface area contributed by atoms with Crippen LogP contribution in [0.4, 0.5) is 13.2 Å². The first-order chi connectivity index (χ1) is 10.9. The van der Waals surface area contributed by atoms with Gasteiger partial charge in [0.1, 0.15) is 0 Å². The van der Waals surface area contributed by atoms with Crippen LogP contribution in [0.15, 0.2) is 24.3 Å². The molecule has 0 N–H and O–H groups in total. The van der Waals surface area contributed by atoms with E-state index in [1.54, 1.807) is 0 Å². The van der Waals surface area contributed by atoms with Crippen molar-refractivity contribution < 1.29 is 40.4 Å². The van der Waals surface area contributed by atoms with E-state index in [1.807, 2.05) is 0 Å². The van der Waals surface area contributed by atoms with Gasteiger partial charge in [0, 0.05) is 0 Å². The third-order valence-corrected chi connectivity index (χ3v) is 12.8. The first kappa shape index (κ1) is 20.2. The second-order valence-electron chi connectivity index (χ2n) is 4.41. The fraction of sp³-hybridized carbons (Fsp3) is 0.308. The zero-order chi connectivity index (χ0) is 18.5. The summed E-state index contributed by atoms with van der Waals surface area (Å²) >= 11 is -5.39. The first-order valence-corrected chi connectivity index (χ1v) is 13.1. The Morgan fingerprint density at radius 2 is 1.21 bits per heavy atom. The Bertz CT molecular complexity index is 587. The van der Waals surface area contributed by atoms with E-state index in [1.165, 1.54) is 0 Å². The molecule has 1 rings (SSSR count). The van der Waals surface area contributed by atoms with Gasteiger partial charge >= 0.3 is 141 Å². The summed E-state index contributed by atoms with van der Waals surface area (Å²) in [4.78, 5) is 34.0. The second kappa shape index (κ2) is 7.81. The topological polar surface area (TPSA) is 88.1 Å². The van der Waals surface area contributed by atoms with E-state index < -0.39 is 52.6 Å². The summed E-state index contributed by atoms with van der Waals surface area (Å²) in [5, 5.41) is 0. The van der Waals surface area contributed by atoms with E-state index in [0.29, 0.717) is 0 Å². The van der Waals surface area contributed by atoms with Crippen LogP contribution in [-0.2, 0) is 22.4 Å². The molecule has 0 fully saturated rings. The van der Waals surface area contributed by atoms with Gasteiger partial charge in [0.15, 0.2) is 0 Å². The summed E-state index contributed by atoms with van der Waals surface area (Å²) in [6.07, 6.45) is -4.88. The van der Waals surface area contributed by atoms with Crippen molar-refractivity contribution in [2.24, 2.45) is 0 Å². The quantitative estimate of drug-likeness (QED) is 0.518. The van der Waals surface area contributed by atoms with Gasteiger partial charge in [0.05, 0.1) is 0 Å². The number of hydrogen-bond acceptors (Lipinski definition) is 7. The predicted molar refractivity (Wildman–Crippen MR) is 73.8 cm³/mol. The van der Waals surface area contributed by atoms with Gasteiger partial charge < -0.3 is 0 Å². The molecule has 0 spiro atoms. The molecule has 7 nitrogen and oxygen atoms in total. The Kier molecular flexibility index (Phi) is 6.57. The second-order valence-corrected chi connectivity index (χ2v) is 13.4. The molecule has 132 valence electrons. The number of halogens is 3. The number of hydrogen-bond donors (Lipinski definition) is 0. The molecule has 11 heteroatoms. The number of rotatable bonds is 5. The van der Waals surface area contributed by atoms with Gasteiger partial charge in [-0.05, 0) is 0 Å². The predicted octanol–water partition coefficient (Wildman–Crippen LogP) is 1.42. The zero-order valence-electron chi connectivity index (χ0n) is 12.8. The normalized spacial score (nSPS) is 11.4. The molecule has 0 radical (unpaired) electrons. The van der Waals surface area contributed by atoms with Crippen molar-refractivity contribution in [1.82, 2.24) is 0 Å². The fourth-order valence-electron chi connectivity index (χ4n) is 1.67. The van der Waals surface area contributed by atoms with Gasteiger partial charge in [0.25, 0.3) is 0 Å². The van der Waals surface area contributed by atoms with Crippen molar-refractivity contribution in [2.45, 2.75) is 27.1 Å². The molecule has 0 aliphatic carbocycles. The Labute approximate surface area is 141 Å². The number of alkyl halides is 3. The average Bonchev–Trinajstić information content (AvgIpc) is 2.34. The van der Waals surface area contributed by atoms with Gasteiger partial charge in [-0.25, -0.2) is 0 Å². The minimum atomic E-state index is -5.39. The van der Waals surface area contributed by atoms with Crippen LogP contribution in [-0.4, -0.2) is 46.8 Å². The van der Waals surface area contributed by atoms with Crippen LogP contribution in [0.5, 0.6) is 5.75 Å². The van der Waals surface area contributed by atoms with Crippen molar-refractivity contribution in [1.29, 1.82) is 0 Å². The van der Waals surface area contributed by atoms with Crippen molar-refractivity contribution in [2.75, 3.05) is 0 Å². The Morgan fingerprint density at radius 1 is 0.833 bits per heavy atom. The molecule has 0 unspecified atom stereocenters. The molecule has 0 aliphatic rings. The fourth-order valence-corrected chi connectivity index (χ4v) is 10.2. The molecule has 0 saturated heterocycles. The van der Waals surface area contributed by atoms with Gasteiger partial charge in [-0.2, -0.15) is 0 Å². The Hall–Kier alpha value is -1.86. The first-order valence-electron chi connectivity index (χ1n) is 6.38. The third kappa shape index (κ3) is 6.33. The molecule has 0 aromatic heterocycles. The van der Waals surface area contributed by atoms with E-state index in [-0.39, 0.29) is 3.12 Å². The van der Waals surface area contributed by atoms with Crippen molar-refractivity contribution in [3.05, 3.63) is 24.3 Å². The van der Waals surface area contributed by atoms with Crippen LogP contribution >= 0.6 is 0 Å². The molecular formula is C13H13F3O7Pb. The Balaban J connectivity index is 3.28. The van der Waals surface area contributed by atoms with E-state index in [4.69, 9.17) is 8.06 Å². The summed E-state index contributed by atoms with van der Waals surface area (Å²) in [7, 11) is 0. The van der Waals surface area contributed by atoms with E-state index in [9.17, 15) is 27.6 Å². The third-order valence-electron chi connectivity index (χ3n) is 2.28. The summed E-state index contributed by atoms with van der Waals surface area (Å²) < 4.78 is 55.3. The SMILES string of the molecule is CC(=O)[O][Pb]([O]C(C)=O)([O]C(C)=O)[c]1ccc(OC(F)(F)F)cc1. The van der Waals surface area contributed by atoms with Crippen LogP contribution in [0.25, 0.3) is 0 Å². The standard InChI is InChI=1S/C7H4F3O.3C2H4O2.Pb/c8-7(9,10)11-6-4-2-1-3-5-6;3*1-2(3)4;/h2-5H;3*1H3,(H,3,4);/q;;;;+3/p-3. The number of carbonyl (C=O) groups excluding carboxylic acids is 3. The molecule has 0 heterocycles. The summed E-state index contributed by atoms with van der Waals surface area (Å²) in [5.74, 6) is -3.14. The number of carbonyl (C=O) groups is 3. The minimum absolute atomic E-state index is 0.0117. The molecule has 0 atom stereocenters. The number of ether oxygens (including phenoxy) is 1. The number of benzene rings is 1. The van der Waals surface area contributed by atoms with E-state index in [2.05, 4.69) is 4.74 Å². The van der Waals surface area contributed by atoms with Crippen molar-refractivity contribution in [3.63, 3.8) is 0 Å². The van der Waals surface area contributed by atoms with E-state index in [0.717, 1.165) is 45.0 Å². The monoisotopic (exact) mass is 546 g/mol. The molecule has 1 aromatic rings.